The van der Waals surface area contributed by atoms with Gasteiger partial charge < -0.3 is 15.3 Å². The van der Waals surface area contributed by atoms with Gasteiger partial charge in [-0.2, -0.15) is 0 Å². The number of rotatable bonds is 7. The van der Waals surface area contributed by atoms with E-state index in [0.717, 1.165) is 62.7 Å². The van der Waals surface area contributed by atoms with Gasteiger partial charge in [0.1, 0.15) is 5.75 Å². The number of likely N-dealkylation sites (tertiary alicyclic amines) is 1. The molecule has 9 heteroatoms. The Morgan fingerprint density at radius 3 is 2.60 bits per heavy atom. The molecule has 1 saturated heterocycles. The van der Waals surface area contributed by atoms with E-state index in [2.05, 4.69) is 36.1 Å². The van der Waals surface area contributed by atoms with Crippen LogP contribution in [0.2, 0.25) is 0 Å². The zero-order valence-electron chi connectivity index (χ0n) is 19.4. The van der Waals surface area contributed by atoms with Gasteiger partial charge in [0.05, 0.1) is 16.4 Å². The third-order valence-corrected chi connectivity index (χ3v) is 8.08. The molecule has 0 unspecified atom stereocenters. The van der Waals surface area contributed by atoms with Crippen LogP contribution in [0.25, 0.3) is 10.4 Å². The molecule has 0 radical (unpaired) electrons. The maximum absolute atomic E-state index is 12.5. The Hall–Kier alpha value is -2.62. The first-order valence-corrected chi connectivity index (χ1v) is 13.5. The van der Waals surface area contributed by atoms with Crippen molar-refractivity contribution in [1.82, 2.24) is 15.2 Å². The quantitative estimate of drug-likeness (QED) is 0.292. The fourth-order valence-corrected chi connectivity index (χ4v) is 5.53. The minimum atomic E-state index is 0.000842. The average Bonchev–Trinajstić information content (AvgIpc) is 3.28. The van der Waals surface area contributed by atoms with Gasteiger partial charge in [0, 0.05) is 59.1 Å². The molecular formula is C26H27BrN4O2S2. The van der Waals surface area contributed by atoms with Gasteiger partial charge in [0.15, 0.2) is 0 Å². The van der Waals surface area contributed by atoms with Crippen LogP contribution in [0.5, 0.6) is 5.75 Å². The topological polar surface area (TPSA) is 77.8 Å². The fraction of sp³-hybridized carbons (Fsp3) is 0.308. The summed E-state index contributed by atoms with van der Waals surface area (Å²) in [6.07, 6.45) is 5.00. The smallest absolute Gasteiger partial charge is 0.223 e. The minimum absolute atomic E-state index is 0.000842. The number of thiophene rings is 1. The Morgan fingerprint density at radius 2 is 1.91 bits per heavy atom. The van der Waals surface area contributed by atoms with Crippen LogP contribution in [0.3, 0.4) is 0 Å². The van der Waals surface area contributed by atoms with Crippen molar-refractivity contribution in [2.75, 3.05) is 19.6 Å². The highest BCUT2D eigenvalue weighted by Crippen LogP contribution is 2.39. The van der Waals surface area contributed by atoms with E-state index >= 15 is 0 Å². The maximum Gasteiger partial charge on any atom is 0.223 e. The normalized spacial score (nSPS) is 14.7. The Bertz CT molecular complexity index is 1200. The number of hydrogen-bond acceptors (Lipinski definition) is 6. The van der Waals surface area contributed by atoms with E-state index in [4.69, 9.17) is 12.2 Å². The first-order valence-electron chi connectivity index (χ1n) is 11.4. The molecule has 1 amide bonds. The molecule has 0 saturated carbocycles. The molecule has 0 spiro atoms. The lowest BCUT2D eigenvalue weighted by Crippen LogP contribution is -2.43. The number of halogens is 1. The molecule has 1 aromatic carbocycles. The average molecular weight is 572 g/mol. The second-order valence-electron chi connectivity index (χ2n) is 8.46. The molecule has 1 aliphatic heterocycles. The van der Waals surface area contributed by atoms with Crippen LogP contribution >= 0.6 is 39.5 Å². The Morgan fingerprint density at radius 1 is 1.23 bits per heavy atom. The van der Waals surface area contributed by atoms with Crippen LogP contribution in [0, 0.1) is 5.92 Å². The zero-order chi connectivity index (χ0) is 24.8. The summed E-state index contributed by atoms with van der Waals surface area (Å²) in [6, 6.07) is 11.7. The van der Waals surface area contributed by atoms with Crippen molar-refractivity contribution >= 4 is 56.1 Å². The predicted molar refractivity (Wildman–Crippen MR) is 149 cm³/mol. The summed E-state index contributed by atoms with van der Waals surface area (Å²) in [7, 11) is 0. The summed E-state index contributed by atoms with van der Waals surface area (Å²) >= 11 is 10.6. The van der Waals surface area contributed by atoms with Crippen LogP contribution in [0.4, 0.5) is 0 Å². The van der Waals surface area contributed by atoms with Crippen LogP contribution in [0.15, 0.2) is 63.6 Å². The van der Waals surface area contributed by atoms with E-state index in [0.29, 0.717) is 13.1 Å². The summed E-state index contributed by atoms with van der Waals surface area (Å²) < 4.78 is 0.999. The number of thiocarbonyl (C=S) groups is 1. The summed E-state index contributed by atoms with van der Waals surface area (Å²) in [5, 5.41) is 15.7. The van der Waals surface area contributed by atoms with Crippen molar-refractivity contribution in [3.63, 3.8) is 0 Å². The van der Waals surface area contributed by atoms with Gasteiger partial charge >= 0.3 is 0 Å². The standard InChI is InChI=1S/C26H27BrN4O2S2/c1-17(22-16-35-25(24(22)32)19-2-4-21(27)5-3-19)29-15-23(34)31-12-8-20(9-13-31)26(33)30-14-18-6-10-28-11-7-18/h2-7,10-11,16,20,32H,8-9,12-15H2,1H3,(H,30,33). The maximum atomic E-state index is 12.5. The molecule has 0 aliphatic carbocycles. The zero-order valence-corrected chi connectivity index (χ0v) is 22.6. The van der Waals surface area contributed by atoms with E-state index in [1.54, 1.807) is 12.4 Å². The molecule has 6 nitrogen and oxygen atoms in total. The van der Waals surface area contributed by atoms with Crippen LogP contribution in [-0.4, -0.2) is 51.2 Å². The minimum Gasteiger partial charge on any atom is -0.506 e. The summed E-state index contributed by atoms with van der Waals surface area (Å²) in [6.45, 7) is 4.31. The van der Waals surface area contributed by atoms with E-state index in [-0.39, 0.29) is 17.6 Å². The lowest BCUT2D eigenvalue weighted by Gasteiger charge is -2.32. The lowest BCUT2D eigenvalue weighted by atomic mass is 9.96. The number of nitrogens with zero attached hydrogens (tertiary/aromatic N) is 3. The van der Waals surface area contributed by atoms with Crippen LogP contribution in [-0.2, 0) is 11.3 Å². The van der Waals surface area contributed by atoms with Gasteiger partial charge in [0.2, 0.25) is 5.91 Å². The Labute approximate surface area is 223 Å². The highest BCUT2D eigenvalue weighted by Gasteiger charge is 2.26. The van der Waals surface area contributed by atoms with Gasteiger partial charge in [-0.25, -0.2) is 0 Å². The monoisotopic (exact) mass is 570 g/mol. The van der Waals surface area contributed by atoms with Crippen molar-refractivity contribution in [2.45, 2.75) is 26.3 Å². The Kier molecular flexibility index (Phi) is 8.64. The highest BCUT2D eigenvalue weighted by molar-refractivity contribution is 9.10. The first kappa shape index (κ1) is 25.5. The van der Waals surface area contributed by atoms with Crippen molar-refractivity contribution in [1.29, 1.82) is 0 Å². The molecule has 1 fully saturated rings. The van der Waals surface area contributed by atoms with E-state index in [1.807, 2.05) is 48.7 Å². The van der Waals surface area contributed by atoms with Crippen LogP contribution in [0.1, 0.15) is 30.9 Å². The number of hydrogen-bond donors (Lipinski definition) is 2. The third-order valence-electron chi connectivity index (χ3n) is 6.15. The van der Waals surface area contributed by atoms with Crippen LogP contribution < -0.4 is 5.32 Å². The molecule has 2 N–H and O–H groups in total. The molecule has 3 aromatic rings. The molecule has 3 heterocycles. The summed E-state index contributed by atoms with van der Waals surface area (Å²) in [5.41, 5.74) is 3.51. The third kappa shape index (κ3) is 6.54. The van der Waals surface area contributed by atoms with Gasteiger partial charge in [-0.05, 0) is 55.2 Å². The first-order chi connectivity index (χ1) is 16.9. The molecule has 0 bridgehead atoms. The number of piperidine rings is 1. The van der Waals surface area contributed by atoms with E-state index in [1.165, 1.54) is 11.3 Å². The number of carbonyl (C=O) groups excluding carboxylic acids is 1. The number of nitrogens with one attached hydrogen (secondary N) is 1. The van der Waals surface area contributed by atoms with Gasteiger partial charge in [0.25, 0.3) is 0 Å². The molecule has 1 aliphatic rings. The molecule has 0 atom stereocenters. The predicted octanol–water partition coefficient (Wildman–Crippen LogP) is 5.44. The SMILES string of the molecule is CC(=NCC(=S)N1CCC(C(=O)NCc2ccncc2)CC1)c1csc(-c2ccc(Br)cc2)c1O. The number of pyridine rings is 1. The van der Waals surface area contributed by atoms with Crippen molar-refractivity contribution < 1.29 is 9.90 Å². The molecule has 35 heavy (non-hydrogen) atoms. The molecular weight excluding hydrogens is 544 g/mol. The summed E-state index contributed by atoms with van der Waals surface area (Å²) in [5.74, 6) is 0.347. The molecule has 182 valence electrons. The second kappa shape index (κ2) is 11.9. The summed E-state index contributed by atoms with van der Waals surface area (Å²) in [4.78, 5) is 24.9. The van der Waals surface area contributed by atoms with E-state index in [9.17, 15) is 9.90 Å². The number of aromatic nitrogens is 1. The number of aliphatic imine (C=N–C) groups is 1. The highest BCUT2D eigenvalue weighted by atomic mass is 79.9. The number of aromatic hydroxyl groups is 1. The number of benzene rings is 1. The van der Waals surface area contributed by atoms with Crippen molar-refractivity contribution in [3.8, 4) is 16.2 Å². The molecule has 2 aromatic heterocycles. The van der Waals surface area contributed by atoms with E-state index < -0.39 is 0 Å². The largest absolute Gasteiger partial charge is 0.506 e. The second-order valence-corrected chi connectivity index (χ2v) is 10.7. The van der Waals surface area contributed by atoms with Gasteiger partial charge in [-0.3, -0.25) is 14.8 Å². The van der Waals surface area contributed by atoms with Crippen molar-refractivity contribution in [2.24, 2.45) is 10.9 Å². The van der Waals surface area contributed by atoms with Gasteiger partial charge in [-0.1, -0.05) is 40.3 Å². The van der Waals surface area contributed by atoms with Crippen molar-refractivity contribution in [3.05, 3.63) is 69.8 Å². The Balaban J connectivity index is 1.28. The number of carbonyl (C=O) groups is 1. The number of amides is 1. The van der Waals surface area contributed by atoms with Gasteiger partial charge in [-0.15, -0.1) is 11.3 Å². The molecule has 4 rings (SSSR count). The lowest BCUT2D eigenvalue weighted by molar-refractivity contribution is -0.126. The fourth-order valence-electron chi connectivity index (χ4n) is 4.01.